The van der Waals surface area contributed by atoms with Gasteiger partial charge in [0.05, 0.1) is 19.2 Å². The summed E-state index contributed by atoms with van der Waals surface area (Å²) in [5.74, 6) is 0.855. The highest BCUT2D eigenvalue weighted by Gasteiger charge is 2.31. The number of aryl methyl sites for hydroxylation is 2. The molecule has 1 saturated heterocycles. The van der Waals surface area contributed by atoms with Crippen LogP contribution in [0.2, 0.25) is 5.02 Å². The molecule has 2 aromatic carbocycles. The zero-order valence-electron chi connectivity index (χ0n) is 18.7. The van der Waals surface area contributed by atoms with Crippen LogP contribution in [0.5, 0.6) is 0 Å². The first kappa shape index (κ1) is 24.5. The third-order valence-electron chi connectivity index (χ3n) is 5.90. The van der Waals surface area contributed by atoms with Crippen LogP contribution in [0.25, 0.3) is 0 Å². The molecule has 0 N–H and O–H groups in total. The minimum Gasteiger partial charge on any atom is -0.383 e. The molecule has 0 aliphatic carbocycles. The Morgan fingerprint density at radius 1 is 1.03 bits per heavy atom. The second kappa shape index (κ2) is 11.1. The number of aromatic nitrogens is 4. The average molecular weight is 477 g/mol. The van der Waals surface area contributed by atoms with Gasteiger partial charge in [0.2, 0.25) is 0 Å². The molecule has 1 aliphatic rings. The van der Waals surface area contributed by atoms with Gasteiger partial charge in [-0.15, -0.1) is 17.5 Å². The van der Waals surface area contributed by atoms with Crippen molar-refractivity contribution in [2.45, 2.75) is 26.4 Å². The third-order valence-corrected chi connectivity index (χ3v) is 6.13. The van der Waals surface area contributed by atoms with E-state index in [1.807, 2.05) is 10.7 Å². The van der Waals surface area contributed by atoms with Crippen LogP contribution < -0.4 is 4.90 Å². The molecule has 0 spiro atoms. The van der Waals surface area contributed by atoms with Crippen LogP contribution in [0, 0.1) is 13.8 Å². The minimum absolute atomic E-state index is 0. The first-order chi connectivity index (χ1) is 15.1. The number of hydrogen-bond donors (Lipinski definition) is 0. The smallest absolute Gasteiger partial charge is 0.173 e. The summed E-state index contributed by atoms with van der Waals surface area (Å²) in [6.45, 7) is 9.09. The number of halogens is 2. The van der Waals surface area contributed by atoms with E-state index in [0.29, 0.717) is 13.2 Å². The van der Waals surface area contributed by atoms with Crippen LogP contribution in [0.4, 0.5) is 5.69 Å². The first-order valence-electron chi connectivity index (χ1n) is 10.6. The van der Waals surface area contributed by atoms with E-state index in [1.54, 1.807) is 7.11 Å². The summed E-state index contributed by atoms with van der Waals surface area (Å²) in [7, 11) is 1.69. The zero-order chi connectivity index (χ0) is 21.8. The Morgan fingerprint density at radius 2 is 1.75 bits per heavy atom. The lowest BCUT2D eigenvalue weighted by Crippen LogP contribution is -2.48. The monoisotopic (exact) mass is 476 g/mol. The van der Waals surface area contributed by atoms with E-state index in [9.17, 15) is 0 Å². The number of benzene rings is 2. The summed E-state index contributed by atoms with van der Waals surface area (Å²) in [5.41, 5.74) is 4.90. The molecule has 3 aromatic rings. The van der Waals surface area contributed by atoms with Crippen molar-refractivity contribution in [3.05, 3.63) is 70.0 Å². The Kier molecular flexibility index (Phi) is 8.48. The van der Waals surface area contributed by atoms with E-state index in [0.717, 1.165) is 37.0 Å². The topological polar surface area (TPSA) is 59.3 Å². The maximum absolute atomic E-state index is 6.26. The van der Waals surface area contributed by atoms with Gasteiger partial charge in [-0.2, -0.15) is 0 Å². The fourth-order valence-corrected chi connectivity index (χ4v) is 4.33. The fourth-order valence-electron chi connectivity index (χ4n) is 4.16. The van der Waals surface area contributed by atoms with Crippen LogP contribution in [0.1, 0.15) is 28.6 Å². The summed E-state index contributed by atoms with van der Waals surface area (Å²) >= 11 is 6.26. The maximum atomic E-state index is 6.26. The summed E-state index contributed by atoms with van der Waals surface area (Å²) in [5, 5.41) is 13.4. The van der Waals surface area contributed by atoms with Crippen LogP contribution in [0.3, 0.4) is 0 Å². The van der Waals surface area contributed by atoms with Gasteiger partial charge >= 0.3 is 0 Å². The van der Waals surface area contributed by atoms with Crippen molar-refractivity contribution in [2.24, 2.45) is 0 Å². The van der Waals surface area contributed by atoms with E-state index >= 15 is 0 Å². The molecule has 0 saturated carbocycles. The molecule has 32 heavy (non-hydrogen) atoms. The molecule has 0 bridgehead atoms. The molecule has 1 fully saturated rings. The molecule has 2 heterocycles. The predicted octanol–water partition coefficient (Wildman–Crippen LogP) is 3.92. The Balaban J connectivity index is 0.00000289. The summed E-state index contributed by atoms with van der Waals surface area (Å²) in [6.07, 6.45) is 0. The van der Waals surface area contributed by atoms with Gasteiger partial charge in [-0.05, 0) is 47.5 Å². The lowest BCUT2D eigenvalue weighted by atomic mass is 10.0. The van der Waals surface area contributed by atoms with Crippen molar-refractivity contribution in [3.8, 4) is 0 Å². The summed E-state index contributed by atoms with van der Waals surface area (Å²) in [4.78, 5) is 4.88. The average Bonchev–Trinajstić information content (AvgIpc) is 3.24. The van der Waals surface area contributed by atoms with Crippen LogP contribution >= 0.6 is 24.0 Å². The second-order valence-corrected chi connectivity index (χ2v) is 8.46. The highest BCUT2D eigenvalue weighted by Crippen LogP contribution is 2.31. The number of hydrogen-bond acceptors (Lipinski definition) is 6. The number of rotatable bonds is 7. The lowest BCUT2D eigenvalue weighted by molar-refractivity contribution is 0.171. The number of tetrazole rings is 1. The lowest BCUT2D eigenvalue weighted by Gasteiger charge is -2.40. The molecular weight excluding hydrogens is 447 g/mol. The van der Waals surface area contributed by atoms with Crippen molar-refractivity contribution in [2.75, 3.05) is 44.8 Å². The number of nitrogens with zero attached hydrogens (tertiary/aromatic N) is 6. The van der Waals surface area contributed by atoms with Crippen molar-refractivity contribution in [3.63, 3.8) is 0 Å². The van der Waals surface area contributed by atoms with Gasteiger partial charge in [-0.25, -0.2) is 4.68 Å². The van der Waals surface area contributed by atoms with Gasteiger partial charge in [-0.1, -0.05) is 47.5 Å². The van der Waals surface area contributed by atoms with Gasteiger partial charge in [0.25, 0.3) is 0 Å². The molecule has 1 aliphatic heterocycles. The molecule has 1 atom stereocenters. The van der Waals surface area contributed by atoms with Gasteiger partial charge < -0.3 is 9.64 Å². The van der Waals surface area contributed by atoms with Gasteiger partial charge in [-0.3, -0.25) is 4.90 Å². The first-order valence-corrected chi connectivity index (χ1v) is 11.0. The number of piperazine rings is 1. The molecular formula is C23H30Cl2N6O. The number of anilines is 1. The van der Waals surface area contributed by atoms with Crippen molar-refractivity contribution in [1.82, 2.24) is 25.1 Å². The zero-order valence-corrected chi connectivity index (χ0v) is 20.3. The largest absolute Gasteiger partial charge is 0.383 e. The van der Waals surface area contributed by atoms with E-state index in [4.69, 9.17) is 16.3 Å². The predicted molar refractivity (Wildman–Crippen MR) is 130 cm³/mol. The second-order valence-electron chi connectivity index (χ2n) is 8.02. The number of ether oxygens (including phenoxy) is 1. The van der Waals surface area contributed by atoms with E-state index in [2.05, 4.69) is 75.6 Å². The molecule has 0 radical (unpaired) electrons. The molecule has 9 heteroatoms. The van der Waals surface area contributed by atoms with Crippen molar-refractivity contribution >= 4 is 29.7 Å². The van der Waals surface area contributed by atoms with E-state index in [1.165, 1.54) is 22.4 Å². The third kappa shape index (κ3) is 5.41. The van der Waals surface area contributed by atoms with E-state index < -0.39 is 0 Å². The normalized spacial score (nSPS) is 15.4. The van der Waals surface area contributed by atoms with Crippen molar-refractivity contribution in [1.29, 1.82) is 0 Å². The van der Waals surface area contributed by atoms with Crippen LogP contribution in [0.15, 0.2) is 42.5 Å². The summed E-state index contributed by atoms with van der Waals surface area (Å²) < 4.78 is 7.12. The maximum Gasteiger partial charge on any atom is 0.173 e. The van der Waals surface area contributed by atoms with Gasteiger partial charge in [0.15, 0.2) is 5.82 Å². The van der Waals surface area contributed by atoms with Gasteiger partial charge in [0.1, 0.15) is 0 Å². The minimum atomic E-state index is -0.00457. The molecule has 4 rings (SSSR count). The molecule has 7 nitrogen and oxygen atoms in total. The molecule has 0 amide bonds. The standard InChI is InChI=1S/C23H29ClN6O.ClH/c1-17-4-7-19(8-5-17)22(23-25-26-27-30(23)14-15-31-3)29-12-10-28(11-13-29)21-16-20(24)9-6-18(21)2;/h4-9,16,22H,10-15H2,1-3H3;1H. The Bertz CT molecular complexity index is 1000. The van der Waals surface area contributed by atoms with Gasteiger partial charge in [0, 0.05) is 44.0 Å². The molecule has 1 aromatic heterocycles. The van der Waals surface area contributed by atoms with Crippen LogP contribution in [-0.4, -0.2) is 65.0 Å². The van der Waals surface area contributed by atoms with E-state index in [-0.39, 0.29) is 18.4 Å². The SMILES string of the molecule is COCCn1nnnc1C(c1ccc(C)cc1)N1CCN(c2cc(Cl)ccc2C)CC1.Cl. The Labute approximate surface area is 200 Å². The Hall–Kier alpha value is -2.19. The summed E-state index contributed by atoms with van der Waals surface area (Å²) in [6, 6.07) is 14.8. The Morgan fingerprint density at radius 3 is 2.44 bits per heavy atom. The molecule has 1 unspecified atom stereocenters. The number of methoxy groups -OCH3 is 1. The highest BCUT2D eigenvalue weighted by molar-refractivity contribution is 6.30. The van der Waals surface area contributed by atoms with Crippen LogP contribution in [-0.2, 0) is 11.3 Å². The highest BCUT2D eigenvalue weighted by atomic mass is 35.5. The fraction of sp³-hybridized carbons (Fsp3) is 0.435. The quantitative estimate of drug-likeness (QED) is 0.514. The molecule has 172 valence electrons. The van der Waals surface area contributed by atoms with Crippen molar-refractivity contribution < 1.29 is 4.74 Å².